The maximum atomic E-state index is 12.5. The number of rotatable bonds is 8. The van der Waals surface area contributed by atoms with Crippen molar-refractivity contribution in [3.63, 3.8) is 0 Å². The highest BCUT2D eigenvalue weighted by Crippen LogP contribution is 2.19. The van der Waals surface area contributed by atoms with Crippen molar-refractivity contribution in [1.82, 2.24) is 25.0 Å². The van der Waals surface area contributed by atoms with Gasteiger partial charge in [0.1, 0.15) is 16.3 Å². The second kappa shape index (κ2) is 8.67. The summed E-state index contributed by atoms with van der Waals surface area (Å²) in [6.45, 7) is 4.63. The van der Waals surface area contributed by atoms with Crippen LogP contribution in [0.3, 0.4) is 0 Å². The third kappa shape index (κ3) is 4.69. The zero-order chi connectivity index (χ0) is 21.9. The molecule has 2 heterocycles. The van der Waals surface area contributed by atoms with Crippen LogP contribution in [0, 0.1) is 13.8 Å². The van der Waals surface area contributed by atoms with Gasteiger partial charge in [-0.1, -0.05) is 5.16 Å². The summed E-state index contributed by atoms with van der Waals surface area (Å²) in [6.07, 6.45) is 1.77. The maximum absolute atomic E-state index is 12.5. The largest absolute Gasteiger partial charge is 0.497 e. The van der Waals surface area contributed by atoms with Crippen molar-refractivity contribution >= 4 is 15.9 Å². The molecule has 0 saturated carbocycles. The fraction of sp³-hybridized carbons (Fsp3) is 0.316. The second-order valence-electron chi connectivity index (χ2n) is 6.66. The molecule has 2 aromatic heterocycles. The molecule has 1 amide bonds. The lowest BCUT2D eigenvalue weighted by molar-refractivity contribution is -0.122. The van der Waals surface area contributed by atoms with E-state index in [1.165, 1.54) is 20.8 Å². The number of aromatic nitrogens is 3. The second-order valence-corrected chi connectivity index (χ2v) is 8.31. The number of sulfonamides is 1. The third-order valence-corrected chi connectivity index (χ3v) is 6.17. The smallest absolute Gasteiger partial charge is 0.246 e. The van der Waals surface area contributed by atoms with Crippen molar-refractivity contribution < 1.29 is 22.5 Å². The van der Waals surface area contributed by atoms with Gasteiger partial charge in [-0.15, -0.1) is 0 Å². The molecule has 0 unspecified atom stereocenters. The summed E-state index contributed by atoms with van der Waals surface area (Å²) in [6, 6.07) is 8.14. The van der Waals surface area contributed by atoms with Gasteiger partial charge in [0.15, 0.2) is 5.76 Å². The fourth-order valence-corrected chi connectivity index (χ4v) is 4.40. The van der Waals surface area contributed by atoms with Gasteiger partial charge in [-0.3, -0.25) is 4.79 Å². The van der Waals surface area contributed by atoms with Gasteiger partial charge in [0.2, 0.25) is 15.9 Å². The number of amides is 1. The molecule has 0 radical (unpaired) electrons. The van der Waals surface area contributed by atoms with E-state index in [4.69, 9.17) is 9.26 Å². The number of nitrogens with one attached hydrogen (secondary N) is 2. The maximum Gasteiger partial charge on any atom is 0.246 e. The van der Waals surface area contributed by atoms with Crippen LogP contribution in [0.1, 0.15) is 24.1 Å². The highest BCUT2D eigenvalue weighted by Gasteiger charge is 2.28. The Morgan fingerprint density at radius 3 is 2.53 bits per heavy atom. The molecule has 0 aliphatic rings. The normalized spacial score (nSPS) is 12.5. The van der Waals surface area contributed by atoms with Crippen molar-refractivity contribution in [2.45, 2.75) is 38.3 Å². The molecule has 3 aromatic rings. The quantitative estimate of drug-likeness (QED) is 0.550. The molecule has 160 valence electrons. The van der Waals surface area contributed by atoms with E-state index in [0.717, 1.165) is 11.4 Å². The standard InChI is InChI=1S/C19H23N5O5S/c1-12-18(14(3)29-22-12)30(26,27)23-13(2)19(25)20-11-15-9-10-24(21-15)16-5-7-17(28-4)8-6-16/h5-10,13,23H,11H2,1-4H3,(H,20,25)/t13-/m0/s1. The monoisotopic (exact) mass is 433 g/mol. The van der Waals surface area contributed by atoms with E-state index in [0.29, 0.717) is 5.69 Å². The Morgan fingerprint density at radius 1 is 1.23 bits per heavy atom. The molecule has 0 saturated heterocycles. The van der Waals surface area contributed by atoms with Crippen LogP contribution in [0.25, 0.3) is 5.69 Å². The first-order valence-corrected chi connectivity index (χ1v) is 10.6. The molecular weight excluding hydrogens is 410 g/mol. The molecule has 11 heteroatoms. The molecule has 0 spiro atoms. The first-order chi connectivity index (χ1) is 14.2. The topological polar surface area (TPSA) is 128 Å². The van der Waals surface area contributed by atoms with Crippen LogP contribution >= 0.6 is 0 Å². The number of hydrogen-bond acceptors (Lipinski definition) is 7. The number of benzene rings is 1. The summed E-state index contributed by atoms with van der Waals surface area (Å²) >= 11 is 0. The zero-order valence-corrected chi connectivity index (χ0v) is 17.9. The lowest BCUT2D eigenvalue weighted by Gasteiger charge is -2.13. The van der Waals surface area contributed by atoms with Crippen LogP contribution in [0.15, 0.2) is 45.9 Å². The van der Waals surface area contributed by atoms with Crippen molar-refractivity contribution in [3.05, 3.63) is 53.7 Å². The molecule has 0 fully saturated rings. The number of methoxy groups -OCH3 is 1. The Kier molecular flexibility index (Phi) is 6.22. The summed E-state index contributed by atoms with van der Waals surface area (Å²) in [5.74, 6) is 0.424. The van der Waals surface area contributed by atoms with Gasteiger partial charge in [-0.05, 0) is 51.1 Å². The minimum atomic E-state index is -3.94. The highest BCUT2D eigenvalue weighted by molar-refractivity contribution is 7.89. The Labute approximate surface area is 174 Å². The Bertz CT molecular complexity index is 1120. The number of carbonyl (C=O) groups excluding carboxylic acids is 1. The zero-order valence-electron chi connectivity index (χ0n) is 17.0. The van der Waals surface area contributed by atoms with E-state index in [9.17, 15) is 13.2 Å². The number of ether oxygens (including phenoxy) is 1. The lowest BCUT2D eigenvalue weighted by Crippen LogP contribution is -2.44. The van der Waals surface area contributed by atoms with Crippen LogP contribution in [0.4, 0.5) is 0 Å². The minimum Gasteiger partial charge on any atom is -0.497 e. The summed E-state index contributed by atoms with van der Waals surface area (Å²) in [5.41, 5.74) is 1.70. The minimum absolute atomic E-state index is 0.0552. The first kappa shape index (κ1) is 21.5. The van der Waals surface area contributed by atoms with Crippen LogP contribution < -0.4 is 14.8 Å². The van der Waals surface area contributed by atoms with E-state index in [2.05, 4.69) is 20.3 Å². The van der Waals surface area contributed by atoms with Gasteiger partial charge in [0.05, 0.1) is 31.1 Å². The van der Waals surface area contributed by atoms with Gasteiger partial charge in [0, 0.05) is 6.20 Å². The van der Waals surface area contributed by atoms with E-state index >= 15 is 0 Å². The molecule has 0 aliphatic heterocycles. The van der Waals surface area contributed by atoms with Crippen molar-refractivity contribution in [3.8, 4) is 11.4 Å². The first-order valence-electron chi connectivity index (χ1n) is 9.13. The predicted octanol–water partition coefficient (Wildman–Crippen LogP) is 1.47. The number of aryl methyl sites for hydroxylation is 2. The fourth-order valence-electron chi connectivity index (χ4n) is 2.87. The number of hydrogen-bond donors (Lipinski definition) is 2. The van der Waals surface area contributed by atoms with Gasteiger partial charge in [-0.2, -0.15) is 9.82 Å². The Balaban J connectivity index is 1.59. The summed E-state index contributed by atoms with van der Waals surface area (Å²) < 4.78 is 39.1. The van der Waals surface area contributed by atoms with Gasteiger partial charge < -0.3 is 14.6 Å². The van der Waals surface area contributed by atoms with Crippen LogP contribution in [0.2, 0.25) is 0 Å². The molecule has 10 nitrogen and oxygen atoms in total. The number of nitrogens with zero attached hydrogens (tertiary/aromatic N) is 3. The van der Waals surface area contributed by atoms with Crippen LogP contribution in [0.5, 0.6) is 5.75 Å². The highest BCUT2D eigenvalue weighted by atomic mass is 32.2. The SMILES string of the molecule is COc1ccc(-n2ccc(CNC(=O)[C@H](C)NS(=O)(=O)c3c(C)noc3C)n2)cc1. The van der Waals surface area contributed by atoms with E-state index in [1.807, 2.05) is 24.3 Å². The molecular formula is C19H23N5O5S. The molecule has 3 rings (SSSR count). The molecule has 2 N–H and O–H groups in total. The predicted molar refractivity (Wildman–Crippen MR) is 108 cm³/mol. The van der Waals surface area contributed by atoms with Crippen molar-refractivity contribution in [2.75, 3.05) is 7.11 Å². The van der Waals surface area contributed by atoms with Gasteiger partial charge in [0.25, 0.3) is 0 Å². The summed E-state index contributed by atoms with van der Waals surface area (Å²) in [7, 11) is -2.34. The van der Waals surface area contributed by atoms with Crippen LogP contribution in [-0.4, -0.2) is 42.4 Å². The molecule has 0 aliphatic carbocycles. The summed E-state index contributed by atoms with van der Waals surface area (Å²) in [5, 5.41) is 10.7. The van der Waals surface area contributed by atoms with E-state index < -0.39 is 22.0 Å². The molecule has 1 atom stereocenters. The molecule has 30 heavy (non-hydrogen) atoms. The van der Waals surface area contributed by atoms with Crippen molar-refractivity contribution in [1.29, 1.82) is 0 Å². The van der Waals surface area contributed by atoms with Crippen LogP contribution in [-0.2, 0) is 21.4 Å². The number of carbonyl (C=O) groups is 1. The van der Waals surface area contributed by atoms with Gasteiger partial charge >= 0.3 is 0 Å². The Hall–Kier alpha value is -3.18. The average Bonchev–Trinajstić information content (AvgIpc) is 3.32. The van der Waals surface area contributed by atoms with Gasteiger partial charge in [-0.25, -0.2) is 13.1 Å². The third-order valence-electron chi connectivity index (χ3n) is 4.39. The Morgan fingerprint density at radius 2 is 1.93 bits per heavy atom. The summed E-state index contributed by atoms with van der Waals surface area (Å²) in [4.78, 5) is 12.3. The molecule has 0 bridgehead atoms. The lowest BCUT2D eigenvalue weighted by atomic mass is 10.3. The van der Waals surface area contributed by atoms with E-state index in [-0.39, 0.29) is 22.9 Å². The molecule has 1 aromatic carbocycles. The van der Waals surface area contributed by atoms with E-state index in [1.54, 1.807) is 24.1 Å². The average molecular weight is 433 g/mol. The van der Waals surface area contributed by atoms with Crippen molar-refractivity contribution in [2.24, 2.45) is 0 Å².